The standard InChI is InChI=1S/C11H13ClO3/c1-3-15-8-4-5-9(10(13)7-12)11(6-8)14-2/h4-6H,3,7H2,1-2H3. The molecule has 15 heavy (non-hydrogen) atoms. The van der Waals surface area contributed by atoms with Crippen LogP contribution in [0.1, 0.15) is 17.3 Å². The molecule has 82 valence electrons. The van der Waals surface area contributed by atoms with Gasteiger partial charge in [-0.05, 0) is 19.1 Å². The van der Waals surface area contributed by atoms with Gasteiger partial charge in [0.1, 0.15) is 11.5 Å². The molecule has 0 fully saturated rings. The maximum Gasteiger partial charge on any atom is 0.181 e. The number of methoxy groups -OCH3 is 1. The van der Waals surface area contributed by atoms with Crippen molar-refractivity contribution in [2.24, 2.45) is 0 Å². The Hall–Kier alpha value is -1.22. The van der Waals surface area contributed by atoms with Gasteiger partial charge in [-0.3, -0.25) is 4.79 Å². The highest BCUT2D eigenvalue weighted by Crippen LogP contribution is 2.25. The monoisotopic (exact) mass is 228 g/mol. The fourth-order valence-corrected chi connectivity index (χ4v) is 1.37. The van der Waals surface area contributed by atoms with Crippen molar-refractivity contribution in [2.45, 2.75) is 6.92 Å². The number of carbonyl (C=O) groups is 1. The van der Waals surface area contributed by atoms with Crippen molar-refractivity contribution in [3.63, 3.8) is 0 Å². The van der Waals surface area contributed by atoms with Crippen LogP contribution in [0.2, 0.25) is 0 Å². The predicted octanol–water partition coefficient (Wildman–Crippen LogP) is 2.52. The lowest BCUT2D eigenvalue weighted by atomic mass is 10.1. The molecular weight excluding hydrogens is 216 g/mol. The third-order valence-corrected chi connectivity index (χ3v) is 2.15. The van der Waals surface area contributed by atoms with E-state index in [4.69, 9.17) is 21.1 Å². The molecule has 0 radical (unpaired) electrons. The fraction of sp³-hybridized carbons (Fsp3) is 0.364. The smallest absolute Gasteiger partial charge is 0.181 e. The van der Waals surface area contributed by atoms with Gasteiger partial charge in [0, 0.05) is 6.07 Å². The Morgan fingerprint density at radius 2 is 2.20 bits per heavy atom. The lowest BCUT2D eigenvalue weighted by molar-refractivity contribution is 0.101. The normalized spacial score (nSPS) is 9.80. The van der Waals surface area contributed by atoms with Crippen LogP contribution in [0.4, 0.5) is 0 Å². The first-order valence-electron chi connectivity index (χ1n) is 4.63. The van der Waals surface area contributed by atoms with Gasteiger partial charge in [0.2, 0.25) is 0 Å². The molecule has 0 unspecified atom stereocenters. The van der Waals surface area contributed by atoms with E-state index < -0.39 is 0 Å². The van der Waals surface area contributed by atoms with Crippen LogP contribution >= 0.6 is 11.6 Å². The van der Waals surface area contributed by atoms with E-state index in [1.807, 2.05) is 6.92 Å². The number of ether oxygens (including phenoxy) is 2. The average Bonchev–Trinajstić information content (AvgIpc) is 2.28. The molecule has 1 aromatic rings. The molecule has 3 nitrogen and oxygen atoms in total. The number of Topliss-reactive ketones (excluding diaryl/α,β-unsaturated/α-hetero) is 1. The van der Waals surface area contributed by atoms with Crippen molar-refractivity contribution in [3.8, 4) is 11.5 Å². The van der Waals surface area contributed by atoms with Crippen LogP contribution in [0.3, 0.4) is 0 Å². The Balaban J connectivity index is 3.03. The molecule has 0 heterocycles. The van der Waals surface area contributed by atoms with Crippen LogP contribution < -0.4 is 9.47 Å². The first-order chi connectivity index (χ1) is 7.22. The third kappa shape index (κ3) is 2.86. The van der Waals surface area contributed by atoms with Crippen molar-refractivity contribution in [1.29, 1.82) is 0 Å². The van der Waals surface area contributed by atoms with Gasteiger partial charge in [-0.25, -0.2) is 0 Å². The van der Waals surface area contributed by atoms with Crippen LogP contribution in [0.15, 0.2) is 18.2 Å². The number of ketones is 1. The number of rotatable bonds is 5. The van der Waals surface area contributed by atoms with Gasteiger partial charge in [-0.1, -0.05) is 0 Å². The summed E-state index contributed by atoms with van der Waals surface area (Å²) >= 11 is 5.48. The molecule has 1 rings (SSSR count). The van der Waals surface area contributed by atoms with Crippen molar-refractivity contribution in [1.82, 2.24) is 0 Å². The van der Waals surface area contributed by atoms with Crippen LogP contribution in [0, 0.1) is 0 Å². The fourth-order valence-electron chi connectivity index (χ4n) is 1.23. The summed E-state index contributed by atoms with van der Waals surface area (Å²) in [5, 5.41) is 0. The Morgan fingerprint density at radius 1 is 1.47 bits per heavy atom. The Kier molecular flexibility index (Phi) is 4.43. The maximum absolute atomic E-state index is 11.4. The van der Waals surface area contributed by atoms with Crippen LogP contribution in [-0.4, -0.2) is 25.4 Å². The Morgan fingerprint density at radius 3 is 2.73 bits per heavy atom. The quantitative estimate of drug-likeness (QED) is 0.574. The highest BCUT2D eigenvalue weighted by molar-refractivity contribution is 6.30. The molecule has 0 aromatic heterocycles. The molecule has 0 amide bonds. The van der Waals surface area contributed by atoms with E-state index in [1.54, 1.807) is 18.2 Å². The van der Waals surface area contributed by atoms with Gasteiger partial charge < -0.3 is 9.47 Å². The van der Waals surface area contributed by atoms with Crippen molar-refractivity contribution < 1.29 is 14.3 Å². The number of hydrogen-bond donors (Lipinski definition) is 0. The lowest BCUT2D eigenvalue weighted by Crippen LogP contribution is -2.03. The van der Waals surface area contributed by atoms with Crippen molar-refractivity contribution >= 4 is 17.4 Å². The first-order valence-corrected chi connectivity index (χ1v) is 5.16. The molecule has 0 aliphatic carbocycles. The van der Waals surface area contributed by atoms with Gasteiger partial charge in [-0.15, -0.1) is 11.6 Å². The van der Waals surface area contributed by atoms with E-state index in [1.165, 1.54) is 7.11 Å². The number of hydrogen-bond acceptors (Lipinski definition) is 3. The minimum atomic E-state index is -0.156. The second kappa shape index (κ2) is 5.61. The van der Waals surface area contributed by atoms with Crippen molar-refractivity contribution in [3.05, 3.63) is 23.8 Å². The van der Waals surface area contributed by atoms with Crippen LogP contribution in [0.5, 0.6) is 11.5 Å². The van der Waals surface area contributed by atoms with Gasteiger partial charge in [-0.2, -0.15) is 0 Å². The van der Waals surface area contributed by atoms with E-state index in [-0.39, 0.29) is 11.7 Å². The molecule has 0 aliphatic rings. The summed E-state index contributed by atoms with van der Waals surface area (Å²) in [5.74, 6) is 0.966. The van der Waals surface area contributed by atoms with Gasteiger partial charge in [0.25, 0.3) is 0 Å². The summed E-state index contributed by atoms with van der Waals surface area (Å²) < 4.78 is 10.4. The first kappa shape index (κ1) is 11.9. The van der Waals surface area contributed by atoms with Gasteiger partial charge in [0.05, 0.1) is 25.2 Å². The summed E-state index contributed by atoms with van der Waals surface area (Å²) in [6.45, 7) is 2.47. The molecule has 1 aromatic carbocycles. The SMILES string of the molecule is CCOc1ccc(C(=O)CCl)c(OC)c1. The number of carbonyl (C=O) groups excluding carboxylic acids is 1. The highest BCUT2D eigenvalue weighted by Gasteiger charge is 2.11. The molecule has 0 atom stereocenters. The van der Waals surface area contributed by atoms with E-state index in [9.17, 15) is 4.79 Å². The molecule has 0 aliphatic heterocycles. The summed E-state index contributed by atoms with van der Waals surface area (Å²) in [6, 6.07) is 5.07. The summed E-state index contributed by atoms with van der Waals surface area (Å²) in [5.41, 5.74) is 0.482. The van der Waals surface area contributed by atoms with E-state index in [0.717, 1.165) is 0 Å². The molecule has 0 saturated heterocycles. The van der Waals surface area contributed by atoms with E-state index in [2.05, 4.69) is 0 Å². The lowest BCUT2D eigenvalue weighted by Gasteiger charge is -2.09. The zero-order valence-electron chi connectivity index (χ0n) is 8.75. The molecular formula is C11H13ClO3. The topological polar surface area (TPSA) is 35.5 Å². The minimum Gasteiger partial charge on any atom is -0.496 e. The minimum absolute atomic E-state index is 0.0512. The molecule has 0 saturated carbocycles. The zero-order valence-corrected chi connectivity index (χ0v) is 9.50. The highest BCUT2D eigenvalue weighted by atomic mass is 35.5. The number of alkyl halides is 1. The number of halogens is 1. The van der Waals surface area contributed by atoms with E-state index >= 15 is 0 Å². The second-order valence-corrected chi connectivity index (χ2v) is 3.12. The Bertz CT molecular complexity index is 350. The van der Waals surface area contributed by atoms with Gasteiger partial charge in [0.15, 0.2) is 5.78 Å². The molecule has 4 heteroatoms. The summed E-state index contributed by atoms with van der Waals surface area (Å²) in [6.07, 6.45) is 0. The molecule has 0 N–H and O–H groups in total. The molecule has 0 spiro atoms. The van der Waals surface area contributed by atoms with E-state index in [0.29, 0.717) is 23.7 Å². The number of benzene rings is 1. The predicted molar refractivity (Wildman–Crippen MR) is 59.2 cm³/mol. The van der Waals surface area contributed by atoms with Crippen molar-refractivity contribution in [2.75, 3.05) is 19.6 Å². The summed E-state index contributed by atoms with van der Waals surface area (Å²) in [4.78, 5) is 11.4. The largest absolute Gasteiger partial charge is 0.496 e. The third-order valence-electron chi connectivity index (χ3n) is 1.91. The van der Waals surface area contributed by atoms with Crippen LogP contribution in [-0.2, 0) is 0 Å². The Labute approximate surface area is 93.9 Å². The maximum atomic E-state index is 11.4. The van der Waals surface area contributed by atoms with Crippen LogP contribution in [0.25, 0.3) is 0 Å². The zero-order chi connectivity index (χ0) is 11.3. The molecule has 0 bridgehead atoms. The van der Waals surface area contributed by atoms with Gasteiger partial charge >= 0.3 is 0 Å². The average molecular weight is 229 g/mol. The summed E-state index contributed by atoms with van der Waals surface area (Å²) in [7, 11) is 1.51. The second-order valence-electron chi connectivity index (χ2n) is 2.85.